The third-order valence-corrected chi connectivity index (χ3v) is 5.85. The molecule has 6 nitrogen and oxygen atoms in total. The van der Waals surface area contributed by atoms with Crippen LogP contribution in [-0.2, 0) is 12.7 Å². The lowest BCUT2D eigenvalue weighted by molar-refractivity contribution is -0.137. The Bertz CT molecular complexity index is 1180. The normalized spacial score (nSPS) is 13.9. The zero-order chi connectivity index (χ0) is 24.8. The molecule has 0 radical (unpaired) electrons. The molecule has 0 bridgehead atoms. The van der Waals surface area contributed by atoms with Crippen LogP contribution in [0.4, 0.5) is 24.5 Å². The summed E-state index contributed by atoms with van der Waals surface area (Å²) in [5.41, 5.74) is 1.68. The van der Waals surface area contributed by atoms with E-state index in [0.29, 0.717) is 17.8 Å². The smallest absolute Gasteiger partial charge is 0.371 e. The molecule has 0 saturated carbocycles. The number of carbonyl (C=O) groups is 2. The summed E-state index contributed by atoms with van der Waals surface area (Å²) in [6.07, 6.45) is 2.05. The number of alkyl halides is 3. The minimum atomic E-state index is -4.47. The van der Waals surface area contributed by atoms with E-state index in [4.69, 9.17) is 0 Å². The Labute approximate surface area is 201 Å². The first-order valence-electron chi connectivity index (χ1n) is 11.4. The van der Waals surface area contributed by atoms with Gasteiger partial charge in [0.2, 0.25) is 0 Å². The van der Waals surface area contributed by atoms with Gasteiger partial charge in [-0.1, -0.05) is 6.07 Å². The lowest BCUT2D eigenvalue weighted by Gasteiger charge is -2.30. The molecule has 1 aliphatic heterocycles. The fourth-order valence-corrected chi connectivity index (χ4v) is 4.00. The van der Waals surface area contributed by atoms with Crippen LogP contribution >= 0.6 is 0 Å². The van der Waals surface area contributed by atoms with Crippen LogP contribution in [0.15, 0.2) is 67.0 Å². The molecule has 9 heteroatoms. The number of aromatic nitrogens is 1. The second-order valence-corrected chi connectivity index (χ2v) is 8.35. The van der Waals surface area contributed by atoms with Crippen molar-refractivity contribution < 1.29 is 22.8 Å². The first-order valence-corrected chi connectivity index (χ1v) is 11.4. The molecular weight excluding hydrogens is 457 g/mol. The minimum Gasteiger partial charge on any atom is -0.371 e. The topological polar surface area (TPSA) is 74.3 Å². The van der Waals surface area contributed by atoms with Crippen molar-refractivity contribution in [3.8, 4) is 0 Å². The van der Waals surface area contributed by atoms with Gasteiger partial charge in [-0.25, -0.2) is 0 Å². The van der Waals surface area contributed by atoms with Crippen LogP contribution in [0.25, 0.3) is 0 Å². The van der Waals surface area contributed by atoms with E-state index in [2.05, 4.69) is 20.5 Å². The summed E-state index contributed by atoms with van der Waals surface area (Å²) in [4.78, 5) is 32.0. The van der Waals surface area contributed by atoms with Crippen LogP contribution in [0.5, 0.6) is 0 Å². The van der Waals surface area contributed by atoms with Crippen LogP contribution in [0.3, 0.4) is 0 Å². The second kappa shape index (κ2) is 10.6. The van der Waals surface area contributed by atoms with Gasteiger partial charge >= 0.3 is 6.18 Å². The van der Waals surface area contributed by atoms with Crippen molar-refractivity contribution in [3.63, 3.8) is 0 Å². The number of amides is 2. The van der Waals surface area contributed by atoms with Crippen LogP contribution < -0.4 is 15.5 Å². The zero-order valence-electron chi connectivity index (χ0n) is 18.9. The van der Waals surface area contributed by atoms with Gasteiger partial charge in [-0.3, -0.25) is 14.6 Å². The molecule has 1 aliphatic rings. The molecule has 2 aromatic carbocycles. The number of halogens is 3. The predicted octanol–water partition coefficient (Wildman–Crippen LogP) is 5.27. The van der Waals surface area contributed by atoms with Crippen molar-refractivity contribution in [2.75, 3.05) is 23.3 Å². The molecule has 0 unspecified atom stereocenters. The number of hydrogen-bond acceptors (Lipinski definition) is 4. The Hall–Kier alpha value is -3.88. The van der Waals surface area contributed by atoms with Gasteiger partial charge in [0.25, 0.3) is 11.8 Å². The van der Waals surface area contributed by atoms with E-state index in [1.54, 1.807) is 36.7 Å². The van der Waals surface area contributed by atoms with Crippen molar-refractivity contribution in [3.05, 3.63) is 89.2 Å². The van der Waals surface area contributed by atoms with Gasteiger partial charge < -0.3 is 15.5 Å². The van der Waals surface area contributed by atoms with Crippen LogP contribution in [0.2, 0.25) is 0 Å². The third-order valence-electron chi connectivity index (χ3n) is 5.85. The highest BCUT2D eigenvalue weighted by Gasteiger charge is 2.30. The SMILES string of the molecule is O=C(Nc1ccc(N2CCCCC2)c(C(=O)NCc2cccnc2)c1)c1ccc(C(F)(F)F)cc1. The van der Waals surface area contributed by atoms with Crippen molar-refractivity contribution in [1.29, 1.82) is 0 Å². The molecule has 1 fully saturated rings. The number of piperidine rings is 1. The lowest BCUT2D eigenvalue weighted by atomic mass is 10.1. The molecule has 3 aromatic rings. The molecule has 35 heavy (non-hydrogen) atoms. The molecule has 1 aromatic heterocycles. The van der Waals surface area contributed by atoms with E-state index in [1.165, 1.54) is 0 Å². The quantitative estimate of drug-likeness (QED) is 0.502. The van der Waals surface area contributed by atoms with E-state index in [0.717, 1.165) is 67.9 Å². The standard InChI is InChI=1S/C26H25F3N4O2/c27-26(28,29)20-8-6-19(7-9-20)24(34)32-21-10-11-23(33-13-2-1-3-14-33)22(15-21)25(35)31-17-18-5-4-12-30-16-18/h4-12,15-16H,1-3,13-14,17H2,(H,31,35)(H,32,34). The Morgan fingerprint density at radius 1 is 0.943 bits per heavy atom. The first kappa shape index (κ1) is 24.3. The third kappa shape index (κ3) is 6.17. The van der Waals surface area contributed by atoms with Crippen LogP contribution in [0, 0.1) is 0 Å². The van der Waals surface area contributed by atoms with Crippen LogP contribution in [0.1, 0.15) is 51.1 Å². The largest absolute Gasteiger partial charge is 0.416 e. The number of nitrogens with zero attached hydrogens (tertiary/aromatic N) is 2. The van der Waals surface area contributed by atoms with Gasteiger partial charge in [0.05, 0.1) is 11.1 Å². The summed E-state index contributed by atoms with van der Waals surface area (Å²) in [6, 6.07) is 12.7. The van der Waals surface area contributed by atoms with Crippen molar-refractivity contribution in [2.24, 2.45) is 0 Å². The molecule has 2 heterocycles. The molecule has 2 amide bonds. The minimum absolute atomic E-state index is 0.0840. The Morgan fingerprint density at radius 3 is 2.34 bits per heavy atom. The molecule has 0 spiro atoms. The maximum atomic E-state index is 13.1. The molecule has 182 valence electrons. The maximum Gasteiger partial charge on any atom is 0.416 e. The summed E-state index contributed by atoms with van der Waals surface area (Å²) in [6.45, 7) is 1.97. The molecule has 2 N–H and O–H groups in total. The zero-order valence-corrected chi connectivity index (χ0v) is 18.9. The number of hydrogen-bond donors (Lipinski definition) is 2. The molecular formula is C26H25F3N4O2. The fraction of sp³-hybridized carbons (Fsp3) is 0.269. The van der Waals surface area contributed by atoms with Crippen molar-refractivity contribution >= 4 is 23.2 Å². The second-order valence-electron chi connectivity index (χ2n) is 8.35. The van der Waals surface area contributed by atoms with Gasteiger partial charge in [-0.15, -0.1) is 0 Å². The summed E-state index contributed by atoms with van der Waals surface area (Å²) in [7, 11) is 0. The fourth-order valence-electron chi connectivity index (χ4n) is 4.00. The number of carbonyl (C=O) groups excluding carboxylic acids is 2. The molecule has 0 atom stereocenters. The number of nitrogens with one attached hydrogen (secondary N) is 2. The number of rotatable bonds is 6. The van der Waals surface area contributed by atoms with Crippen molar-refractivity contribution in [2.45, 2.75) is 32.0 Å². The van der Waals surface area contributed by atoms with E-state index < -0.39 is 17.6 Å². The number of anilines is 2. The monoisotopic (exact) mass is 482 g/mol. The van der Waals surface area contributed by atoms with Crippen LogP contribution in [-0.4, -0.2) is 29.9 Å². The maximum absolute atomic E-state index is 13.1. The highest BCUT2D eigenvalue weighted by atomic mass is 19.4. The van der Waals surface area contributed by atoms with E-state index in [1.807, 2.05) is 6.07 Å². The Morgan fingerprint density at radius 2 is 1.69 bits per heavy atom. The predicted molar refractivity (Wildman–Crippen MR) is 127 cm³/mol. The summed E-state index contributed by atoms with van der Waals surface area (Å²) < 4.78 is 38.4. The average molecular weight is 483 g/mol. The van der Waals surface area contributed by atoms with Crippen molar-refractivity contribution in [1.82, 2.24) is 10.3 Å². The molecule has 1 saturated heterocycles. The highest BCUT2D eigenvalue weighted by molar-refractivity contribution is 6.06. The number of pyridine rings is 1. The lowest BCUT2D eigenvalue weighted by Crippen LogP contribution is -2.32. The van der Waals surface area contributed by atoms with Gasteiger partial charge in [0.15, 0.2) is 0 Å². The van der Waals surface area contributed by atoms with Gasteiger partial charge in [-0.2, -0.15) is 13.2 Å². The summed E-state index contributed by atoms with van der Waals surface area (Å²) in [5.74, 6) is -0.855. The summed E-state index contributed by atoms with van der Waals surface area (Å²) in [5, 5.41) is 5.59. The van der Waals surface area contributed by atoms with Gasteiger partial charge in [-0.05, 0) is 73.4 Å². The van der Waals surface area contributed by atoms with Gasteiger partial charge in [0.1, 0.15) is 0 Å². The highest BCUT2D eigenvalue weighted by Crippen LogP contribution is 2.30. The van der Waals surface area contributed by atoms with E-state index >= 15 is 0 Å². The summed E-state index contributed by atoms with van der Waals surface area (Å²) >= 11 is 0. The Balaban J connectivity index is 1.54. The average Bonchev–Trinajstić information content (AvgIpc) is 2.88. The number of benzene rings is 2. The van der Waals surface area contributed by atoms with Gasteiger partial charge in [0, 0.05) is 49.0 Å². The molecule has 4 rings (SSSR count). The first-order chi connectivity index (χ1) is 16.8. The van der Waals surface area contributed by atoms with E-state index in [9.17, 15) is 22.8 Å². The Kier molecular flexibility index (Phi) is 7.33. The molecule has 0 aliphatic carbocycles. The van der Waals surface area contributed by atoms with E-state index in [-0.39, 0.29) is 11.5 Å².